The first-order valence-electron chi connectivity index (χ1n) is 7.50. The van der Waals surface area contributed by atoms with Crippen molar-refractivity contribution in [3.63, 3.8) is 0 Å². The van der Waals surface area contributed by atoms with E-state index in [1.165, 1.54) is 18.9 Å². The summed E-state index contributed by atoms with van der Waals surface area (Å²) >= 11 is -1.16. The van der Waals surface area contributed by atoms with Gasteiger partial charge in [0.15, 0.2) is 0 Å². The Morgan fingerprint density at radius 2 is 2.10 bits per heavy atom. The Labute approximate surface area is 129 Å². The van der Waals surface area contributed by atoms with Gasteiger partial charge in [-0.2, -0.15) is 0 Å². The number of anilines is 1. The van der Waals surface area contributed by atoms with Gasteiger partial charge < -0.3 is 10.3 Å². The molecule has 0 heterocycles. The van der Waals surface area contributed by atoms with Crippen molar-refractivity contribution in [2.24, 2.45) is 5.92 Å². The number of nitrogens with one attached hydrogen (secondary N) is 1. The van der Waals surface area contributed by atoms with Gasteiger partial charge in [-0.05, 0) is 57.2 Å². The fourth-order valence-electron chi connectivity index (χ4n) is 2.19. The van der Waals surface area contributed by atoms with Crippen molar-refractivity contribution >= 4 is 17.0 Å². The zero-order valence-corrected chi connectivity index (χ0v) is 13.8. The predicted octanol–water partition coefficient (Wildman–Crippen LogP) is 3.69. The van der Waals surface area contributed by atoms with E-state index >= 15 is 0 Å². The molecule has 21 heavy (non-hydrogen) atoms. The van der Waals surface area contributed by atoms with Crippen LogP contribution in [0.2, 0.25) is 0 Å². The van der Waals surface area contributed by atoms with Crippen LogP contribution in [0.5, 0.6) is 0 Å². The molecule has 0 amide bonds. The number of benzene rings is 1. The molecule has 1 aliphatic carbocycles. The Balaban J connectivity index is 2.11. The molecule has 118 valence electrons. The Bertz CT molecular complexity index is 486. The molecule has 0 aromatic heterocycles. The van der Waals surface area contributed by atoms with Gasteiger partial charge in [-0.1, -0.05) is 18.9 Å². The minimum absolute atomic E-state index is 0.0476. The lowest BCUT2D eigenvalue weighted by Gasteiger charge is -2.28. The molecule has 2 atom stereocenters. The average molecular weight is 312 g/mol. The van der Waals surface area contributed by atoms with Crippen LogP contribution in [-0.4, -0.2) is 9.30 Å². The predicted molar refractivity (Wildman–Crippen MR) is 86.5 cm³/mol. The van der Waals surface area contributed by atoms with Crippen molar-refractivity contribution in [3.8, 4) is 0 Å². The lowest BCUT2D eigenvalue weighted by atomic mass is 10.0. The van der Waals surface area contributed by atoms with E-state index in [1.807, 2.05) is 20.8 Å². The molecule has 1 fully saturated rings. The summed E-state index contributed by atoms with van der Waals surface area (Å²) in [6.45, 7) is 5.81. The zero-order valence-electron chi connectivity index (χ0n) is 13.0. The monoisotopic (exact) mass is 312 g/mol. The van der Waals surface area contributed by atoms with Crippen LogP contribution in [0, 0.1) is 11.7 Å². The normalized spacial score (nSPS) is 18.5. The molecule has 3 N–H and O–H groups in total. The van der Waals surface area contributed by atoms with E-state index in [-0.39, 0.29) is 16.5 Å². The fourth-order valence-corrected chi connectivity index (χ4v) is 3.05. The Morgan fingerprint density at radius 1 is 1.43 bits per heavy atom. The third-order valence-corrected chi connectivity index (χ3v) is 5.40. The van der Waals surface area contributed by atoms with E-state index in [4.69, 9.17) is 5.73 Å². The fraction of sp³-hybridized carbons (Fsp3) is 0.625. The smallest absolute Gasteiger partial charge is 0.146 e. The maximum Gasteiger partial charge on any atom is 0.146 e. The van der Waals surface area contributed by atoms with Crippen molar-refractivity contribution in [1.82, 2.24) is 4.72 Å². The van der Waals surface area contributed by atoms with Crippen molar-refractivity contribution in [3.05, 3.63) is 29.6 Å². The molecule has 1 aliphatic rings. The summed E-state index contributed by atoms with van der Waals surface area (Å²) < 4.78 is 28.6. The Hall–Kier alpha value is -0.780. The molecule has 3 nitrogen and oxygen atoms in total. The average Bonchev–Trinajstić information content (AvgIpc) is 3.20. The van der Waals surface area contributed by atoms with Crippen LogP contribution in [0.15, 0.2) is 18.2 Å². The van der Waals surface area contributed by atoms with Gasteiger partial charge in [0.05, 0.1) is 11.7 Å². The quantitative estimate of drug-likeness (QED) is 0.622. The van der Waals surface area contributed by atoms with E-state index in [2.05, 4.69) is 4.72 Å². The van der Waals surface area contributed by atoms with Gasteiger partial charge in [-0.3, -0.25) is 0 Å². The van der Waals surface area contributed by atoms with Gasteiger partial charge in [0.1, 0.15) is 10.6 Å². The molecule has 0 bridgehead atoms. The van der Waals surface area contributed by atoms with Crippen molar-refractivity contribution in [1.29, 1.82) is 0 Å². The molecular weight excluding hydrogens is 287 g/mol. The molecule has 2 rings (SSSR count). The first-order valence-corrected chi connectivity index (χ1v) is 8.65. The summed E-state index contributed by atoms with van der Waals surface area (Å²) in [5, 5.41) is 0. The van der Waals surface area contributed by atoms with E-state index in [1.54, 1.807) is 12.1 Å². The van der Waals surface area contributed by atoms with Crippen LogP contribution in [0.3, 0.4) is 0 Å². The van der Waals surface area contributed by atoms with E-state index in [0.717, 1.165) is 24.3 Å². The summed E-state index contributed by atoms with van der Waals surface area (Å²) in [7, 11) is 0. The second-order valence-electron chi connectivity index (χ2n) is 6.85. The first-order chi connectivity index (χ1) is 9.77. The van der Waals surface area contributed by atoms with Crippen LogP contribution in [-0.2, 0) is 11.4 Å². The third kappa shape index (κ3) is 4.87. The Kier molecular flexibility index (Phi) is 5.17. The topological polar surface area (TPSA) is 61.1 Å². The molecule has 1 aromatic rings. The number of rotatable bonds is 6. The van der Waals surface area contributed by atoms with Gasteiger partial charge in [-0.15, -0.1) is 4.72 Å². The molecule has 0 spiro atoms. The highest BCUT2D eigenvalue weighted by Gasteiger charge is 2.31. The molecular formula is C16H25FN2OS. The van der Waals surface area contributed by atoms with Gasteiger partial charge in [0.25, 0.3) is 0 Å². The van der Waals surface area contributed by atoms with E-state index in [9.17, 15) is 8.94 Å². The number of hydrogen-bond donors (Lipinski definition) is 2. The second kappa shape index (κ2) is 6.55. The number of halogens is 1. The highest BCUT2D eigenvalue weighted by Crippen LogP contribution is 2.36. The number of nitrogen functional groups attached to an aromatic ring is 1. The molecule has 1 saturated carbocycles. The van der Waals surface area contributed by atoms with Crippen molar-refractivity contribution in [2.75, 3.05) is 5.73 Å². The van der Waals surface area contributed by atoms with Gasteiger partial charge in [0, 0.05) is 11.4 Å². The van der Waals surface area contributed by atoms with Crippen LogP contribution in [0.1, 0.15) is 58.1 Å². The third-order valence-electron chi connectivity index (χ3n) is 3.79. The summed E-state index contributed by atoms with van der Waals surface area (Å²) in [6, 6.07) is 4.72. The van der Waals surface area contributed by atoms with Crippen LogP contribution in [0.4, 0.5) is 10.1 Å². The molecule has 1 aromatic carbocycles. The summed E-state index contributed by atoms with van der Waals surface area (Å²) in [5.74, 6) is 0.395. The van der Waals surface area contributed by atoms with E-state index < -0.39 is 17.2 Å². The minimum Gasteiger partial charge on any atom is -0.598 e. The maximum absolute atomic E-state index is 13.3. The highest BCUT2D eigenvalue weighted by molar-refractivity contribution is 7.90. The van der Waals surface area contributed by atoms with Crippen LogP contribution < -0.4 is 10.5 Å². The zero-order chi connectivity index (χ0) is 15.6. The lowest BCUT2D eigenvalue weighted by molar-refractivity contribution is 0.494. The number of hydrogen-bond acceptors (Lipinski definition) is 3. The molecule has 0 saturated heterocycles. The van der Waals surface area contributed by atoms with E-state index in [0.29, 0.717) is 0 Å². The van der Waals surface area contributed by atoms with Crippen LogP contribution in [0.25, 0.3) is 0 Å². The van der Waals surface area contributed by atoms with Gasteiger partial charge in [0.2, 0.25) is 0 Å². The largest absolute Gasteiger partial charge is 0.598 e. The highest BCUT2D eigenvalue weighted by atomic mass is 32.2. The maximum atomic E-state index is 13.3. The minimum atomic E-state index is -1.16. The van der Waals surface area contributed by atoms with Crippen molar-refractivity contribution in [2.45, 2.75) is 57.2 Å². The Morgan fingerprint density at radius 3 is 2.62 bits per heavy atom. The van der Waals surface area contributed by atoms with Gasteiger partial charge >= 0.3 is 0 Å². The molecule has 0 unspecified atom stereocenters. The molecule has 5 heteroatoms. The van der Waals surface area contributed by atoms with Crippen LogP contribution >= 0.6 is 0 Å². The summed E-state index contributed by atoms with van der Waals surface area (Å²) in [6.07, 6.45) is 4.59. The summed E-state index contributed by atoms with van der Waals surface area (Å²) in [4.78, 5) is 0. The first kappa shape index (κ1) is 16.6. The standard InChI is InChI=1S/C16H25FN2OS/c1-16(2,3)21(20)19-15(9-6-11-4-5-11)12-7-8-13(17)14(18)10-12/h7-8,10-11,15,19H,4-6,9,18H2,1-3H3/t15-,21-/m0/s1. The van der Waals surface area contributed by atoms with Gasteiger partial charge in [-0.25, -0.2) is 4.39 Å². The molecule has 0 aliphatic heterocycles. The second-order valence-corrected chi connectivity index (χ2v) is 8.85. The lowest BCUT2D eigenvalue weighted by Crippen LogP contribution is -2.41. The van der Waals surface area contributed by atoms with Crippen molar-refractivity contribution < 1.29 is 8.94 Å². The number of nitrogens with two attached hydrogens (primary N) is 1. The summed E-state index contributed by atoms with van der Waals surface area (Å²) in [5.41, 5.74) is 6.72. The molecule has 0 radical (unpaired) electrons. The SMILES string of the molecule is CC(C)(C)[S@+]([O-])N[C@@H](CCC1CC1)c1ccc(F)c(N)c1.